The molecule has 0 radical (unpaired) electrons. The van der Waals surface area contributed by atoms with Crippen molar-refractivity contribution in [1.29, 1.82) is 5.26 Å². The summed E-state index contributed by atoms with van der Waals surface area (Å²) in [5, 5.41) is 24.7. The number of benzene rings is 1. The summed E-state index contributed by atoms with van der Waals surface area (Å²) in [4.78, 5) is 15.2. The van der Waals surface area contributed by atoms with E-state index in [1.54, 1.807) is 18.3 Å². The third kappa shape index (κ3) is 2.70. The van der Waals surface area contributed by atoms with Crippen LogP contribution in [0.25, 0.3) is 10.9 Å². The van der Waals surface area contributed by atoms with Crippen LogP contribution in [0.15, 0.2) is 35.6 Å². The molecule has 2 aromatic rings. The smallest absolute Gasteiger partial charge is 0.329 e. The van der Waals surface area contributed by atoms with Crippen LogP contribution in [0.4, 0.5) is 0 Å². The van der Waals surface area contributed by atoms with Crippen molar-refractivity contribution in [2.75, 3.05) is 0 Å². The standard InChI is InChI=1S/C14H10ClN5O2/c15-10-4-9-3-8(1-2-11(9)17-6-10)7-20-18-12(5-16)13(19-20)14(21)22/h1-4,6,13,19H,7H2,(H,21,22). The van der Waals surface area contributed by atoms with Crippen LogP contribution in [0.3, 0.4) is 0 Å². The van der Waals surface area contributed by atoms with Crippen LogP contribution >= 0.6 is 11.6 Å². The van der Waals surface area contributed by atoms with E-state index in [1.165, 1.54) is 5.12 Å². The Balaban J connectivity index is 1.84. The maximum atomic E-state index is 11.0. The molecule has 0 fully saturated rings. The molecular formula is C14H10ClN5O2. The van der Waals surface area contributed by atoms with Crippen molar-refractivity contribution in [3.8, 4) is 6.07 Å². The molecule has 7 nitrogen and oxygen atoms in total. The molecule has 0 aliphatic carbocycles. The minimum Gasteiger partial charge on any atom is -0.480 e. The van der Waals surface area contributed by atoms with Gasteiger partial charge in [0.1, 0.15) is 6.07 Å². The highest BCUT2D eigenvalue weighted by Gasteiger charge is 2.32. The number of nitrogens with zero attached hydrogens (tertiary/aromatic N) is 4. The molecule has 0 spiro atoms. The first kappa shape index (κ1) is 14.3. The topological polar surface area (TPSA) is 102 Å². The highest BCUT2D eigenvalue weighted by molar-refractivity contribution is 6.31. The SMILES string of the molecule is N#CC1=NN(Cc2ccc3ncc(Cl)cc3c2)NC1C(=O)O. The van der Waals surface area contributed by atoms with Gasteiger partial charge in [-0.2, -0.15) is 15.8 Å². The lowest BCUT2D eigenvalue weighted by molar-refractivity contribution is -0.138. The molecule has 0 saturated carbocycles. The third-order valence-corrected chi connectivity index (χ3v) is 3.39. The van der Waals surface area contributed by atoms with Gasteiger partial charge in [-0.05, 0) is 23.8 Å². The number of rotatable bonds is 3. The summed E-state index contributed by atoms with van der Waals surface area (Å²) in [7, 11) is 0. The van der Waals surface area contributed by atoms with Crippen molar-refractivity contribution in [1.82, 2.24) is 15.5 Å². The van der Waals surface area contributed by atoms with Crippen LogP contribution in [0.2, 0.25) is 5.02 Å². The van der Waals surface area contributed by atoms with Gasteiger partial charge in [-0.3, -0.25) is 4.98 Å². The largest absolute Gasteiger partial charge is 0.480 e. The van der Waals surface area contributed by atoms with E-state index in [9.17, 15) is 4.79 Å². The third-order valence-electron chi connectivity index (χ3n) is 3.19. The number of carboxylic acid groups (broad SMARTS) is 1. The molecule has 110 valence electrons. The van der Waals surface area contributed by atoms with E-state index < -0.39 is 12.0 Å². The summed E-state index contributed by atoms with van der Waals surface area (Å²) >= 11 is 5.92. The number of hydrogen-bond donors (Lipinski definition) is 2. The van der Waals surface area contributed by atoms with E-state index in [0.29, 0.717) is 11.6 Å². The van der Waals surface area contributed by atoms with Gasteiger partial charge in [0.15, 0.2) is 11.8 Å². The monoisotopic (exact) mass is 315 g/mol. The molecule has 0 bridgehead atoms. The molecule has 0 saturated heterocycles. The number of aliphatic carboxylic acids is 1. The summed E-state index contributed by atoms with van der Waals surface area (Å²) in [6.07, 6.45) is 1.58. The molecule has 1 aliphatic heterocycles. The molecule has 1 unspecified atom stereocenters. The van der Waals surface area contributed by atoms with Crippen LogP contribution in [0.5, 0.6) is 0 Å². The summed E-state index contributed by atoms with van der Waals surface area (Å²) < 4.78 is 0. The molecule has 1 atom stereocenters. The second-order valence-corrected chi connectivity index (χ2v) is 5.17. The number of halogens is 1. The number of nitriles is 1. The van der Waals surface area contributed by atoms with Gasteiger partial charge in [-0.1, -0.05) is 17.7 Å². The van der Waals surface area contributed by atoms with E-state index in [0.717, 1.165) is 16.5 Å². The molecule has 8 heteroatoms. The second-order valence-electron chi connectivity index (χ2n) is 4.74. The first-order chi connectivity index (χ1) is 10.6. The van der Waals surface area contributed by atoms with Gasteiger partial charge in [0.25, 0.3) is 0 Å². The van der Waals surface area contributed by atoms with Crippen molar-refractivity contribution in [2.45, 2.75) is 12.6 Å². The van der Waals surface area contributed by atoms with Gasteiger partial charge < -0.3 is 5.11 Å². The van der Waals surface area contributed by atoms with Crippen LogP contribution in [0, 0.1) is 11.3 Å². The molecule has 1 aromatic carbocycles. The van der Waals surface area contributed by atoms with Crippen LogP contribution in [-0.2, 0) is 11.3 Å². The van der Waals surface area contributed by atoms with Crippen molar-refractivity contribution >= 4 is 34.2 Å². The normalized spacial score (nSPS) is 17.4. The van der Waals surface area contributed by atoms with E-state index in [2.05, 4.69) is 15.5 Å². The Kier molecular flexibility index (Phi) is 3.63. The highest BCUT2D eigenvalue weighted by Crippen LogP contribution is 2.19. The fourth-order valence-electron chi connectivity index (χ4n) is 2.19. The fraction of sp³-hybridized carbons (Fsp3) is 0.143. The van der Waals surface area contributed by atoms with Crippen molar-refractivity contribution in [3.63, 3.8) is 0 Å². The molecule has 2 heterocycles. The Bertz CT molecular complexity index is 830. The van der Waals surface area contributed by atoms with E-state index >= 15 is 0 Å². The maximum Gasteiger partial charge on any atom is 0.329 e. The molecule has 22 heavy (non-hydrogen) atoms. The number of carboxylic acids is 1. The Morgan fingerprint density at radius 2 is 2.32 bits per heavy atom. The Labute approximate surface area is 130 Å². The molecule has 1 aliphatic rings. The van der Waals surface area contributed by atoms with Gasteiger partial charge >= 0.3 is 5.97 Å². The second kappa shape index (κ2) is 5.60. The van der Waals surface area contributed by atoms with Gasteiger partial charge in [0.05, 0.1) is 17.1 Å². The summed E-state index contributed by atoms with van der Waals surface area (Å²) in [6, 6.07) is 8.08. The molecule has 1 aromatic heterocycles. The first-order valence-electron chi connectivity index (χ1n) is 6.36. The lowest BCUT2D eigenvalue weighted by Gasteiger charge is -2.15. The van der Waals surface area contributed by atoms with E-state index in [-0.39, 0.29) is 5.71 Å². The average Bonchev–Trinajstić information content (AvgIpc) is 2.90. The van der Waals surface area contributed by atoms with Crippen LogP contribution < -0.4 is 5.43 Å². The minimum absolute atomic E-state index is 0.0713. The van der Waals surface area contributed by atoms with E-state index in [1.807, 2.05) is 18.2 Å². The van der Waals surface area contributed by atoms with Crippen LogP contribution in [0.1, 0.15) is 5.56 Å². The van der Waals surface area contributed by atoms with Crippen molar-refractivity contribution in [3.05, 3.63) is 41.0 Å². The van der Waals surface area contributed by atoms with Gasteiger partial charge in [-0.25, -0.2) is 9.91 Å². The number of fused-ring (bicyclic) bond motifs is 1. The zero-order chi connectivity index (χ0) is 15.7. The Morgan fingerprint density at radius 3 is 3.00 bits per heavy atom. The summed E-state index contributed by atoms with van der Waals surface area (Å²) in [6.45, 7) is 0.317. The Hall–Kier alpha value is -2.69. The number of nitrogens with one attached hydrogen (secondary N) is 1. The predicted molar refractivity (Wildman–Crippen MR) is 79.9 cm³/mol. The van der Waals surface area contributed by atoms with Crippen LogP contribution in [-0.4, -0.2) is 32.9 Å². The summed E-state index contributed by atoms with van der Waals surface area (Å²) in [5.74, 6) is -1.14. The highest BCUT2D eigenvalue weighted by atomic mass is 35.5. The number of hydrazine groups is 1. The lowest BCUT2D eigenvalue weighted by Crippen LogP contribution is -2.42. The van der Waals surface area contributed by atoms with E-state index in [4.69, 9.17) is 22.0 Å². The van der Waals surface area contributed by atoms with Gasteiger partial charge in [0.2, 0.25) is 0 Å². The molecule has 3 rings (SSSR count). The average molecular weight is 316 g/mol. The van der Waals surface area contributed by atoms with Crippen molar-refractivity contribution < 1.29 is 9.90 Å². The maximum absolute atomic E-state index is 11.0. The summed E-state index contributed by atoms with van der Waals surface area (Å²) in [5.41, 5.74) is 4.29. The molecular weight excluding hydrogens is 306 g/mol. The number of aromatic nitrogens is 1. The number of hydrogen-bond acceptors (Lipinski definition) is 6. The number of carbonyl (C=O) groups is 1. The minimum atomic E-state index is -1.14. The quantitative estimate of drug-likeness (QED) is 0.891. The van der Waals surface area contributed by atoms with Gasteiger partial charge in [0, 0.05) is 11.6 Å². The fourth-order valence-corrected chi connectivity index (χ4v) is 2.36. The molecule has 0 amide bonds. The molecule has 2 N–H and O–H groups in total. The number of pyridine rings is 1. The predicted octanol–water partition coefficient (Wildman–Crippen LogP) is 1.54. The lowest BCUT2D eigenvalue weighted by atomic mass is 10.1. The Morgan fingerprint density at radius 1 is 1.50 bits per heavy atom. The van der Waals surface area contributed by atoms with Gasteiger partial charge in [-0.15, -0.1) is 0 Å². The number of hydrazone groups is 1. The zero-order valence-corrected chi connectivity index (χ0v) is 11.9. The van der Waals surface area contributed by atoms with Crippen molar-refractivity contribution in [2.24, 2.45) is 5.10 Å². The first-order valence-corrected chi connectivity index (χ1v) is 6.74. The zero-order valence-electron chi connectivity index (χ0n) is 11.2.